The third kappa shape index (κ3) is 1.68. The predicted molar refractivity (Wildman–Crippen MR) is 55.8 cm³/mol. The molecule has 0 amide bonds. The van der Waals surface area contributed by atoms with E-state index < -0.39 is 6.10 Å². The number of nitrogen functional groups attached to an aromatic ring is 2. The number of anilines is 2. The lowest BCUT2D eigenvalue weighted by Crippen LogP contribution is -2.12. The van der Waals surface area contributed by atoms with Gasteiger partial charge in [0.2, 0.25) is 5.95 Å². The molecule has 1 atom stereocenters. The van der Waals surface area contributed by atoms with Gasteiger partial charge in [0.1, 0.15) is 5.52 Å². The number of nitrogens with zero attached hydrogens (tertiary/aromatic N) is 4. The summed E-state index contributed by atoms with van der Waals surface area (Å²) in [5, 5.41) is 9.27. The van der Waals surface area contributed by atoms with Crippen LogP contribution in [0.4, 0.5) is 11.8 Å². The van der Waals surface area contributed by atoms with E-state index in [1.807, 2.05) is 0 Å². The second-order valence-corrected chi connectivity index (χ2v) is 3.39. The second-order valence-electron chi connectivity index (χ2n) is 3.39. The summed E-state index contributed by atoms with van der Waals surface area (Å²) in [4.78, 5) is 11.9. The summed E-state index contributed by atoms with van der Waals surface area (Å²) in [5.74, 6) is 0.356. The minimum atomic E-state index is -0.486. The highest BCUT2D eigenvalue weighted by molar-refractivity contribution is 5.82. The van der Waals surface area contributed by atoms with Crippen molar-refractivity contribution in [3.8, 4) is 0 Å². The molecule has 80 valence electrons. The smallest absolute Gasteiger partial charge is 0.224 e. The maximum Gasteiger partial charge on any atom is 0.224 e. The number of fused-ring (bicyclic) bond motifs is 1. The van der Waals surface area contributed by atoms with Gasteiger partial charge in [0.15, 0.2) is 11.5 Å². The first-order valence-electron chi connectivity index (χ1n) is 4.50. The molecule has 2 rings (SSSR count). The van der Waals surface area contributed by atoms with Crippen LogP contribution >= 0.6 is 0 Å². The zero-order valence-corrected chi connectivity index (χ0v) is 8.25. The zero-order valence-electron chi connectivity index (χ0n) is 8.25. The molecule has 0 aliphatic carbocycles. The van der Waals surface area contributed by atoms with Crippen molar-refractivity contribution in [1.82, 2.24) is 19.5 Å². The molecule has 5 N–H and O–H groups in total. The second kappa shape index (κ2) is 3.35. The minimum absolute atomic E-state index is 0.104. The van der Waals surface area contributed by atoms with E-state index in [0.29, 0.717) is 17.7 Å². The summed E-state index contributed by atoms with van der Waals surface area (Å²) < 4.78 is 1.69. The number of rotatable bonds is 2. The van der Waals surface area contributed by atoms with Crippen LogP contribution in [0.2, 0.25) is 0 Å². The molecule has 2 heterocycles. The Morgan fingerprint density at radius 1 is 1.47 bits per heavy atom. The molecular weight excluding hydrogens is 196 g/mol. The van der Waals surface area contributed by atoms with E-state index in [2.05, 4.69) is 15.0 Å². The Labute approximate surface area is 85.8 Å². The summed E-state index contributed by atoms with van der Waals surface area (Å²) in [7, 11) is 0. The number of aromatic nitrogens is 4. The Morgan fingerprint density at radius 3 is 2.87 bits per heavy atom. The average molecular weight is 208 g/mol. The molecule has 0 aliphatic heterocycles. The molecule has 0 saturated heterocycles. The third-order valence-electron chi connectivity index (χ3n) is 1.97. The van der Waals surface area contributed by atoms with Crippen molar-refractivity contribution < 1.29 is 5.11 Å². The van der Waals surface area contributed by atoms with Crippen molar-refractivity contribution in [2.24, 2.45) is 0 Å². The van der Waals surface area contributed by atoms with Crippen LogP contribution in [0.25, 0.3) is 11.2 Å². The summed E-state index contributed by atoms with van der Waals surface area (Å²) in [6, 6.07) is 0. The van der Waals surface area contributed by atoms with Crippen LogP contribution in [-0.4, -0.2) is 30.7 Å². The molecule has 0 saturated carbocycles. The van der Waals surface area contributed by atoms with E-state index in [9.17, 15) is 5.11 Å². The fraction of sp³-hybridized carbons (Fsp3) is 0.375. The number of hydrogen-bond acceptors (Lipinski definition) is 6. The Hall–Kier alpha value is -1.89. The number of nitrogens with two attached hydrogens (primary N) is 2. The van der Waals surface area contributed by atoms with Gasteiger partial charge in [-0.1, -0.05) is 0 Å². The Morgan fingerprint density at radius 2 is 2.20 bits per heavy atom. The quantitative estimate of drug-likeness (QED) is 0.605. The van der Waals surface area contributed by atoms with Crippen molar-refractivity contribution in [1.29, 1.82) is 0 Å². The van der Waals surface area contributed by atoms with Gasteiger partial charge in [-0.3, -0.25) is 0 Å². The molecule has 7 heteroatoms. The van der Waals surface area contributed by atoms with Crippen molar-refractivity contribution in [3.05, 3.63) is 6.33 Å². The largest absolute Gasteiger partial charge is 0.392 e. The highest BCUT2D eigenvalue weighted by Crippen LogP contribution is 2.16. The van der Waals surface area contributed by atoms with E-state index in [1.165, 1.54) is 0 Å². The van der Waals surface area contributed by atoms with Crippen molar-refractivity contribution in [2.75, 3.05) is 11.5 Å². The summed E-state index contributed by atoms with van der Waals surface area (Å²) in [5.41, 5.74) is 12.2. The molecule has 0 fully saturated rings. The van der Waals surface area contributed by atoms with Gasteiger partial charge in [-0.05, 0) is 6.92 Å². The molecule has 0 aliphatic rings. The minimum Gasteiger partial charge on any atom is -0.392 e. The molecule has 2 aromatic heterocycles. The van der Waals surface area contributed by atoms with Crippen molar-refractivity contribution in [2.45, 2.75) is 19.6 Å². The summed E-state index contributed by atoms with van der Waals surface area (Å²) in [6.07, 6.45) is 1.07. The van der Waals surface area contributed by atoms with Crippen LogP contribution in [0, 0.1) is 0 Å². The van der Waals surface area contributed by atoms with Crippen LogP contribution in [0.1, 0.15) is 6.92 Å². The Balaban J connectivity index is 2.58. The predicted octanol–water partition coefficient (Wildman–Crippen LogP) is -0.629. The Kier molecular flexibility index (Phi) is 2.16. The first kappa shape index (κ1) is 9.66. The Bertz CT molecular complexity index is 491. The highest BCUT2D eigenvalue weighted by atomic mass is 16.3. The lowest BCUT2D eigenvalue weighted by atomic mass is 10.4. The van der Waals surface area contributed by atoms with Gasteiger partial charge in [-0.25, -0.2) is 4.98 Å². The first-order chi connectivity index (χ1) is 7.08. The third-order valence-corrected chi connectivity index (χ3v) is 1.97. The summed E-state index contributed by atoms with van der Waals surface area (Å²) in [6.45, 7) is 2.08. The van der Waals surface area contributed by atoms with Crippen LogP contribution < -0.4 is 11.5 Å². The van der Waals surface area contributed by atoms with Gasteiger partial charge < -0.3 is 21.1 Å². The number of aliphatic hydroxyl groups is 1. The maximum atomic E-state index is 9.27. The van der Waals surface area contributed by atoms with Crippen LogP contribution in [0.3, 0.4) is 0 Å². The van der Waals surface area contributed by atoms with Gasteiger partial charge in [-0.2, -0.15) is 9.97 Å². The maximum absolute atomic E-state index is 9.27. The van der Waals surface area contributed by atoms with Gasteiger partial charge in [0, 0.05) is 0 Å². The monoisotopic (exact) mass is 208 g/mol. The SMILES string of the molecule is C[C@@H](O)Cn1cnc2c(N)nc(N)nc21. The number of hydrogen-bond donors (Lipinski definition) is 3. The lowest BCUT2D eigenvalue weighted by Gasteiger charge is -2.06. The van der Waals surface area contributed by atoms with Crippen LogP contribution in [0.15, 0.2) is 6.33 Å². The van der Waals surface area contributed by atoms with E-state index in [0.717, 1.165) is 0 Å². The number of aliphatic hydroxyl groups excluding tert-OH is 1. The molecule has 7 nitrogen and oxygen atoms in total. The van der Waals surface area contributed by atoms with Gasteiger partial charge >= 0.3 is 0 Å². The van der Waals surface area contributed by atoms with Crippen LogP contribution in [-0.2, 0) is 6.54 Å². The van der Waals surface area contributed by atoms with E-state index in [1.54, 1.807) is 17.8 Å². The van der Waals surface area contributed by atoms with E-state index >= 15 is 0 Å². The van der Waals surface area contributed by atoms with E-state index in [-0.39, 0.29) is 11.8 Å². The fourth-order valence-electron chi connectivity index (χ4n) is 1.40. The standard InChI is InChI=1S/C8H12N6O/c1-4(15)2-14-3-11-5-6(9)12-8(10)13-7(5)14/h3-4,15H,2H2,1H3,(H4,9,10,12,13)/t4-/m1/s1. The molecule has 0 unspecified atom stereocenters. The molecule has 0 spiro atoms. The fourth-order valence-corrected chi connectivity index (χ4v) is 1.40. The average Bonchev–Trinajstić information content (AvgIpc) is 2.48. The van der Waals surface area contributed by atoms with Gasteiger partial charge in [-0.15, -0.1) is 0 Å². The normalized spacial score (nSPS) is 13.2. The van der Waals surface area contributed by atoms with Gasteiger partial charge in [0.05, 0.1) is 19.0 Å². The molecule has 0 bridgehead atoms. The van der Waals surface area contributed by atoms with Crippen molar-refractivity contribution in [3.63, 3.8) is 0 Å². The highest BCUT2D eigenvalue weighted by Gasteiger charge is 2.10. The zero-order chi connectivity index (χ0) is 11.0. The topological polar surface area (TPSA) is 116 Å². The summed E-state index contributed by atoms with van der Waals surface area (Å²) >= 11 is 0. The molecule has 0 aromatic carbocycles. The lowest BCUT2D eigenvalue weighted by molar-refractivity contribution is 0.175. The molecule has 15 heavy (non-hydrogen) atoms. The first-order valence-corrected chi connectivity index (χ1v) is 4.50. The molecule has 0 radical (unpaired) electrons. The number of imidazole rings is 1. The molecule has 2 aromatic rings. The van der Waals surface area contributed by atoms with Gasteiger partial charge in [0.25, 0.3) is 0 Å². The molecular formula is C8H12N6O. The van der Waals surface area contributed by atoms with Crippen LogP contribution in [0.5, 0.6) is 0 Å². The van der Waals surface area contributed by atoms with Crippen molar-refractivity contribution >= 4 is 22.9 Å². The van der Waals surface area contributed by atoms with E-state index in [4.69, 9.17) is 11.5 Å².